The fourth-order valence-corrected chi connectivity index (χ4v) is 1.78. The van der Waals surface area contributed by atoms with E-state index < -0.39 is 0 Å². The van der Waals surface area contributed by atoms with Crippen LogP contribution in [0.4, 0.5) is 0 Å². The minimum atomic E-state index is -0.0375. The molecule has 0 unspecified atom stereocenters. The van der Waals surface area contributed by atoms with Crippen molar-refractivity contribution < 1.29 is 9.53 Å². The summed E-state index contributed by atoms with van der Waals surface area (Å²) in [6.07, 6.45) is 4.13. The maximum atomic E-state index is 11.1. The molecule has 0 atom stereocenters. The summed E-state index contributed by atoms with van der Waals surface area (Å²) in [5.74, 6) is 0.115. The molecule has 1 N–H and O–H groups in total. The van der Waals surface area contributed by atoms with Crippen molar-refractivity contribution >= 4 is 18.4 Å². The highest BCUT2D eigenvalue weighted by molar-refractivity contribution is 5.85. The normalized spacial score (nSPS) is 27.5. The van der Waals surface area contributed by atoms with Crippen LogP contribution in [-0.2, 0) is 9.53 Å². The van der Waals surface area contributed by atoms with Crippen molar-refractivity contribution in [2.45, 2.75) is 31.7 Å². The summed E-state index contributed by atoms with van der Waals surface area (Å²) in [5.41, 5.74) is 0. The molecule has 0 aromatic heterocycles. The first-order valence-corrected chi connectivity index (χ1v) is 4.53. The van der Waals surface area contributed by atoms with Gasteiger partial charge in [0.25, 0.3) is 0 Å². The molecule has 0 radical (unpaired) electrons. The second-order valence-corrected chi connectivity index (χ2v) is 3.36. The number of rotatable bonds is 2. The van der Waals surface area contributed by atoms with E-state index in [-0.39, 0.29) is 24.3 Å². The van der Waals surface area contributed by atoms with E-state index in [9.17, 15) is 4.79 Å². The van der Waals surface area contributed by atoms with Gasteiger partial charge in [-0.15, -0.1) is 12.4 Å². The Morgan fingerprint density at radius 1 is 1.31 bits per heavy atom. The third kappa shape index (κ3) is 3.53. The van der Waals surface area contributed by atoms with Gasteiger partial charge >= 0.3 is 5.97 Å². The van der Waals surface area contributed by atoms with E-state index in [1.165, 1.54) is 7.11 Å². The number of hydrogen-bond donors (Lipinski definition) is 1. The average molecular weight is 208 g/mol. The van der Waals surface area contributed by atoms with Crippen LogP contribution in [0.2, 0.25) is 0 Å². The predicted octanol–water partition coefficient (Wildman–Crippen LogP) is 1.36. The van der Waals surface area contributed by atoms with Crippen molar-refractivity contribution in [3.8, 4) is 0 Å². The molecule has 0 saturated heterocycles. The lowest BCUT2D eigenvalue weighted by atomic mass is 9.86. The van der Waals surface area contributed by atoms with E-state index >= 15 is 0 Å². The van der Waals surface area contributed by atoms with Gasteiger partial charge in [-0.05, 0) is 32.7 Å². The molecule has 1 rings (SSSR count). The fraction of sp³-hybridized carbons (Fsp3) is 0.889. The highest BCUT2D eigenvalue weighted by atomic mass is 35.5. The lowest BCUT2D eigenvalue weighted by Gasteiger charge is -2.26. The Kier molecular flexibility index (Phi) is 6.08. The van der Waals surface area contributed by atoms with Crippen LogP contribution in [0.15, 0.2) is 0 Å². The molecule has 1 saturated carbocycles. The Hall–Kier alpha value is -0.280. The minimum Gasteiger partial charge on any atom is -0.469 e. The summed E-state index contributed by atoms with van der Waals surface area (Å²) in [6, 6.07) is 0.603. The molecule has 1 fully saturated rings. The average Bonchev–Trinajstić information content (AvgIpc) is 2.17. The maximum absolute atomic E-state index is 11.1. The Bertz CT molecular complexity index is 156. The Morgan fingerprint density at radius 3 is 2.23 bits per heavy atom. The van der Waals surface area contributed by atoms with Crippen LogP contribution in [0, 0.1) is 5.92 Å². The van der Waals surface area contributed by atoms with Crippen molar-refractivity contribution in [1.82, 2.24) is 5.32 Å². The predicted molar refractivity (Wildman–Crippen MR) is 54.1 cm³/mol. The highest BCUT2D eigenvalue weighted by Crippen LogP contribution is 2.24. The number of ether oxygens (including phenoxy) is 1. The second-order valence-electron chi connectivity index (χ2n) is 3.36. The first-order valence-electron chi connectivity index (χ1n) is 4.53. The molecule has 0 bridgehead atoms. The number of methoxy groups -OCH3 is 1. The van der Waals surface area contributed by atoms with E-state index in [0.29, 0.717) is 6.04 Å². The van der Waals surface area contributed by atoms with Crippen molar-refractivity contribution in [1.29, 1.82) is 0 Å². The summed E-state index contributed by atoms with van der Waals surface area (Å²) in [4.78, 5) is 11.1. The monoisotopic (exact) mass is 207 g/mol. The number of carbonyl (C=O) groups excluding carboxylic acids is 1. The van der Waals surface area contributed by atoms with Gasteiger partial charge in [0.05, 0.1) is 13.0 Å². The number of carbonyl (C=O) groups is 1. The molecule has 1 aliphatic carbocycles. The molecule has 13 heavy (non-hydrogen) atoms. The Morgan fingerprint density at radius 2 is 1.85 bits per heavy atom. The quantitative estimate of drug-likeness (QED) is 0.695. The lowest BCUT2D eigenvalue weighted by Crippen LogP contribution is -2.32. The molecule has 78 valence electrons. The van der Waals surface area contributed by atoms with Crippen molar-refractivity contribution in [2.75, 3.05) is 14.2 Å². The van der Waals surface area contributed by atoms with E-state index in [4.69, 9.17) is 4.74 Å². The zero-order valence-corrected chi connectivity index (χ0v) is 9.02. The summed E-state index contributed by atoms with van der Waals surface area (Å²) in [5, 5.41) is 3.23. The standard InChI is InChI=1S/C9H17NO2.ClH/c1-10-8-5-3-7(4-6-8)9(11)12-2;/h7-8,10H,3-6H2,1-2H3;1H/t7-,8+;. The minimum absolute atomic E-state index is 0. The first-order chi connectivity index (χ1) is 5.77. The third-order valence-electron chi connectivity index (χ3n) is 2.67. The molecule has 0 aliphatic heterocycles. The molecular weight excluding hydrogens is 190 g/mol. The van der Waals surface area contributed by atoms with Gasteiger partial charge < -0.3 is 10.1 Å². The number of nitrogens with one attached hydrogen (secondary N) is 1. The van der Waals surface area contributed by atoms with Gasteiger partial charge in [-0.3, -0.25) is 4.79 Å². The Labute approximate surface area is 85.6 Å². The van der Waals surface area contributed by atoms with E-state index in [1.54, 1.807) is 0 Å². The molecule has 0 aromatic rings. The topological polar surface area (TPSA) is 38.3 Å². The van der Waals surface area contributed by atoms with Gasteiger partial charge in [-0.25, -0.2) is 0 Å². The van der Waals surface area contributed by atoms with Crippen LogP contribution in [0.1, 0.15) is 25.7 Å². The van der Waals surface area contributed by atoms with Gasteiger partial charge in [-0.1, -0.05) is 0 Å². The smallest absolute Gasteiger partial charge is 0.308 e. The molecule has 0 heterocycles. The molecule has 0 spiro atoms. The van der Waals surface area contributed by atoms with E-state index in [2.05, 4.69) is 5.32 Å². The molecule has 1 aliphatic rings. The van der Waals surface area contributed by atoms with Gasteiger partial charge in [0, 0.05) is 6.04 Å². The van der Waals surface area contributed by atoms with Gasteiger partial charge in [0.15, 0.2) is 0 Å². The fourth-order valence-electron chi connectivity index (χ4n) is 1.78. The van der Waals surface area contributed by atoms with Crippen LogP contribution in [0.5, 0.6) is 0 Å². The van der Waals surface area contributed by atoms with Crippen molar-refractivity contribution in [2.24, 2.45) is 5.92 Å². The summed E-state index contributed by atoms with van der Waals surface area (Å²) < 4.78 is 4.70. The van der Waals surface area contributed by atoms with Crippen LogP contribution in [-0.4, -0.2) is 26.2 Å². The molecule has 4 heteroatoms. The zero-order valence-electron chi connectivity index (χ0n) is 8.21. The van der Waals surface area contributed by atoms with Crippen molar-refractivity contribution in [3.05, 3.63) is 0 Å². The second kappa shape index (κ2) is 6.22. The van der Waals surface area contributed by atoms with Crippen LogP contribution in [0.3, 0.4) is 0 Å². The highest BCUT2D eigenvalue weighted by Gasteiger charge is 2.25. The number of hydrogen-bond acceptors (Lipinski definition) is 3. The third-order valence-corrected chi connectivity index (χ3v) is 2.67. The van der Waals surface area contributed by atoms with Crippen LogP contribution < -0.4 is 5.32 Å². The number of halogens is 1. The zero-order chi connectivity index (χ0) is 8.97. The molecular formula is C9H18ClNO2. The van der Waals surface area contributed by atoms with E-state index in [0.717, 1.165) is 25.7 Å². The van der Waals surface area contributed by atoms with E-state index in [1.807, 2.05) is 7.05 Å². The first kappa shape index (κ1) is 12.7. The molecule has 0 amide bonds. The van der Waals surface area contributed by atoms with Gasteiger partial charge in [0.1, 0.15) is 0 Å². The molecule has 3 nitrogen and oxygen atoms in total. The lowest BCUT2D eigenvalue weighted by molar-refractivity contribution is -0.146. The summed E-state index contributed by atoms with van der Waals surface area (Å²) >= 11 is 0. The molecule has 0 aromatic carbocycles. The maximum Gasteiger partial charge on any atom is 0.308 e. The number of esters is 1. The summed E-state index contributed by atoms with van der Waals surface area (Å²) in [7, 11) is 3.44. The van der Waals surface area contributed by atoms with Crippen LogP contribution in [0.25, 0.3) is 0 Å². The largest absolute Gasteiger partial charge is 0.469 e. The van der Waals surface area contributed by atoms with Crippen LogP contribution >= 0.6 is 12.4 Å². The summed E-state index contributed by atoms with van der Waals surface area (Å²) in [6.45, 7) is 0. The SMILES string of the molecule is CN[C@H]1CC[C@@H](C(=O)OC)CC1.Cl. The Balaban J connectivity index is 0.00000144. The van der Waals surface area contributed by atoms with Gasteiger partial charge in [-0.2, -0.15) is 0 Å². The van der Waals surface area contributed by atoms with Crippen molar-refractivity contribution in [3.63, 3.8) is 0 Å². The van der Waals surface area contributed by atoms with Gasteiger partial charge in [0.2, 0.25) is 0 Å².